The standard InChI is InChI=1S/C15H11ClF3NO2/c1-22-11-5-2-9(3-6-11)14(21)20-13-8-10(15(17,18)19)4-7-12(13)16/h2-8H,1H3,(H,20,21). The summed E-state index contributed by atoms with van der Waals surface area (Å²) >= 11 is 5.82. The monoisotopic (exact) mass is 329 g/mol. The average Bonchev–Trinajstić information content (AvgIpc) is 2.48. The molecule has 0 aliphatic heterocycles. The van der Waals surface area contributed by atoms with Crippen LogP contribution >= 0.6 is 11.6 Å². The van der Waals surface area contributed by atoms with Crippen molar-refractivity contribution in [1.29, 1.82) is 0 Å². The molecule has 2 aromatic carbocycles. The molecule has 0 bridgehead atoms. The first-order chi connectivity index (χ1) is 10.3. The lowest BCUT2D eigenvalue weighted by Gasteiger charge is -2.12. The molecule has 116 valence electrons. The third-order valence-electron chi connectivity index (χ3n) is 2.89. The molecule has 0 spiro atoms. The predicted octanol–water partition coefficient (Wildman–Crippen LogP) is 4.62. The van der Waals surface area contributed by atoms with Gasteiger partial charge in [-0.05, 0) is 42.5 Å². The molecule has 0 aliphatic rings. The van der Waals surface area contributed by atoms with E-state index in [2.05, 4.69) is 5.32 Å². The highest BCUT2D eigenvalue weighted by Crippen LogP contribution is 2.34. The topological polar surface area (TPSA) is 38.3 Å². The van der Waals surface area contributed by atoms with Crippen LogP contribution in [0.15, 0.2) is 42.5 Å². The van der Waals surface area contributed by atoms with E-state index in [1.54, 1.807) is 12.1 Å². The number of nitrogens with one attached hydrogen (secondary N) is 1. The lowest BCUT2D eigenvalue weighted by molar-refractivity contribution is -0.137. The normalized spacial score (nSPS) is 11.1. The molecule has 1 amide bonds. The number of hydrogen-bond donors (Lipinski definition) is 1. The number of benzene rings is 2. The summed E-state index contributed by atoms with van der Waals surface area (Å²) in [6.45, 7) is 0. The summed E-state index contributed by atoms with van der Waals surface area (Å²) < 4.78 is 43.0. The van der Waals surface area contributed by atoms with Gasteiger partial charge >= 0.3 is 6.18 Å². The first kappa shape index (κ1) is 16.2. The van der Waals surface area contributed by atoms with Gasteiger partial charge in [0.2, 0.25) is 0 Å². The maximum absolute atomic E-state index is 12.7. The van der Waals surface area contributed by atoms with Gasteiger partial charge in [0.15, 0.2) is 0 Å². The van der Waals surface area contributed by atoms with Crippen LogP contribution in [0.25, 0.3) is 0 Å². The quantitative estimate of drug-likeness (QED) is 0.892. The highest BCUT2D eigenvalue weighted by atomic mass is 35.5. The summed E-state index contributed by atoms with van der Waals surface area (Å²) in [7, 11) is 1.48. The molecular formula is C15H11ClF3NO2. The zero-order valence-corrected chi connectivity index (χ0v) is 12.1. The van der Waals surface area contributed by atoms with Gasteiger partial charge in [0.1, 0.15) is 5.75 Å². The third-order valence-corrected chi connectivity index (χ3v) is 3.22. The number of amides is 1. The number of anilines is 1. The molecular weight excluding hydrogens is 319 g/mol. The van der Waals surface area contributed by atoms with Crippen LogP contribution < -0.4 is 10.1 Å². The fourth-order valence-electron chi connectivity index (χ4n) is 1.73. The van der Waals surface area contributed by atoms with Crippen LogP contribution in [0.1, 0.15) is 15.9 Å². The molecule has 1 N–H and O–H groups in total. The smallest absolute Gasteiger partial charge is 0.416 e. The molecule has 3 nitrogen and oxygen atoms in total. The van der Waals surface area contributed by atoms with Crippen LogP contribution in [0.3, 0.4) is 0 Å². The third kappa shape index (κ3) is 3.71. The minimum atomic E-state index is -4.51. The first-order valence-electron chi connectivity index (χ1n) is 6.13. The number of ether oxygens (including phenoxy) is 1. The van der Waals surface area contributed by atoms with Gasteiger partial charge in [-0.3, -0.25) is 4.79 Å². The molecule has 0 saturated heterocycles. The van der Waals surface area contributed by atoms with Gasteiger partial charge in [0.25, 0.3) is 5.91 Å². The minimum absolute atomic E-state index is 0.0230. The maximum atomic E-state index is 12.7. The Kier molecular flexibility index (Phi) is 4.61. The Hall–Kier alpha value is -2.21. The average molecular weight is 330 g/mol. The summed E-state index contributed by atoms with van der Waals surface area (Å²) in [6, 6.07) is 8.87. The van der Waals surface area contributed by atoms with Gasteiger partial charge in [0, 0.05) is 5.56 Å². The second-order valence-electron chi connectivity index (χ2n) is 4.38. The van der Waals surface area contributed by atoms with Crippen LogP contribution in [-0.2, 0) is 6.18 Å². The van der Waals surface area contributed by atoms with E-state index >= 15 is 0 Å². The second kappa shape index (κ2) is 6.27. The lowest BCUT2D eigenvalue weighted by atomic mass is 10.1. The van der Waals surface area contributed by atoms with Crippen LogP contribution in [-0.4, -0.2) is 13.0 Å². The summed E-state index contributed by atoms with van der Waals surface area (Å²) in [5, 5.41) is 2.39. The fourth-order valence-corrected chi connectivity index (χ4v) is 1.90. The Morgan fingerprint density at radius 3 is 2.32 bits per heavy atom. The highest BCUT2D eigenvalue weighted by Gasteiger charge is 2.31. The van der Waals surface area contributed by atoms with Gasteiger partial charge in [-0.1, -0.05) is 11.6 Å². The van der Waals surface area contributed by atoms with E-state index < -0.39 is 17.6 Å². The molecule has 0 radical (unpaired) electrons. The van der Waals surface area contributed by atoms with Crippen LogP contribution in [0.4, 0.5) is 18.9 Å². The first-order valence-corrected chi connectivity index (χ1v) is 6.51. The van der Waals surface area contributed by atoms with Crippen molar-refractivity contribution in [3.63, 3.8) is 0 Å². The van der Waals surface area contributed by atoms with Gasteiger partial charge in [-0.2, -0.15) is 13.2 Å². The van der Waals surface area contributed by atoms with E-state index in [0.717, 1.165) is 18.2 Å². The van der Waals surface area contributed by atoms with E-state index in [9.17, 15) is 18.0 Å². The highest BCUT2D eigenvalue weighted by molar-refractivity contribution is 6.34. The fraction of sp³-hybridized carbons (Fsp3) is 0.133. The van der Waals surface area contributed by atoms with Crippen molar-refractivity contribution < 1.29 is 22.7 Å². The van der Waals surface area contributed by atoms with Crippen LogP contribution in [0.2, 0.25) is 5.02 Å². The number of rotatable bonds is 3. The van der Waals surface area contributed by atoms with E-state index in [0.29, 0.717) is 5.75 Å². The lowest BCUT2D eigenvalue weighted by Crippen LogP contribution is -2.13. The molecule has 2 aromatic rings. The van der Waals surface area contributed by atoms with Gasteiger partial charge < -0.3 is 10.1 Å². The molecule has 7 heteroatoms. The molecule has 22 heavy (non-hydrogen) atoms. The molecule has 0 aromatic heterocycles. The Balaban J connectivity index is 2.23. The van der Waals surface area contributed by atoms with Crippen molar-refractivity contribution in [2.24, 2.45) is 0 Å². The van der Waals surface area contributed by atoms with Crippen molar-refractivity contribution >= 4 is 23.2 Å². The van der Waals surface area contributed by atoms with Crippen molar-refractivity contribution in [2.45, 2.75) is 6.18 Å². The largest absolute Gasteiger partial charge is 0.497 e. The Labute approximate surface area is 129 Å². The number of carbonyl (C=O) groups excluding carboxylic acids is 1. The Morgan fingerprint density at radius 1 is 1.14 bits per heavy atom. The molecule has 0 fully saturated rings. The minimum Gasteiger partial charge on any atom is -0.497 e. The molecule has 0 atom stereocenters. The zero-order valence-electron chi connectivity index (χ0n) is 11.4. The van der Waals surface area contributed by atoms with Crippen molar-refractivity contribution in [1.82, 2.24) is 0 Å². The number of alkyl halides is 3. The number of carbonyl (C=O) groups is 1. The van der Waals surface area contributed by atoms with Crippen molar-refractivity contribution in [3.8, 4) is 5.75 Å². The van der Waals surface area contributed by atoms with Crippen LogP contribution in [0, 0.1) is 0 Å². The number of hydrogen-bond acceptors (Lipinski definition) is 2. The molecule has 0 heterocycles. The van der Waals surface area contributed by atoms with E-state index in [-0.39, 0.29) is 16.3 Å². The SMILES string of the molecule is COc1ccc(C(=O)Nc2cc(C(F)(F)F)ccc2Cl)cc1. The second-order valence-corrected chi connectivity index (χ2v) is 4.78. The summed E-state index contributed by atoms with van der Waals surface area (Å²) in [5.41, 5.74) is -0.714. The number of methoxy groups -OCH3 is 1. The van der Waals surface area contributed by atoms with Gasteiger partial charge in [-0.25, -0.2) is 0 Å². The predicted molar refractivity (Wildman–Crippen MR) is 77.4 cm³/mol. The molecule has 0 saturated carbocycles. The summed E-state index contributed by atoms with van der Waals surface area (Å²) in [6.07, 6.45) is -4.51. The number of halogens is 4. The molecule has 0 aliphatic carbocycles. The Morgan fingerprint density at radius 2 is 1.77 bits per heavy atom. The van der Waals surface area contributed by atoms with Gasteiger partial charge in [0.05, 0.1) is 23.4 Å². The zero-order chi connectivity index (χ0) is 16.3. The Bertz CT molecular complexity index is 684. The van der Waals surface area contributed by atoms with E-state index in [1.165, 1.54) is 19.2 Å². The van der Waals surface area contributed by atoms with Gasteiger partial charge in [-0.15, -0.1) is 0 Å². The van der Waals surface area contributed by atoms with Crippen LogP contribution in [0.5, 0.6) is 5.75 Å². The maximum Gasteiger partial charge on any atom is 0.416 e. The summed E-state index contributed by atoms with van der Waals surface area (Å²) in [5.74, 6) is -0.00229. The molecule has 0 unspecified atom stereocenters. The van der Waals surface area contributed by atoms with Crippen molar-refractivity contribution in [2.75, 3.05) is 12.4 Å². The van der Waals surface area contributed by atoms with E-state index in [1.807, 2.05) is 0 Å². The summed E-state index contributed by atoms with van der Waals surface area (Å²) in [4.78, 5) is 12.0. The van der Waals surface area contributed by atoms with Crippen molar-refractivity contribution in [3.05, 3.63) is 58.6 Å². The molecule has 2 rings (SSSR count). The van der Waals surface area contributed by atoms with E-state index in [4.69, 9.17) is 16.3 Å².